The Morgan fingerprint density at radius 1 is 1.26 bits per heavy atom. The SMILES string of the molecule is COc1cc(C)cc(C)c1-c1ncnc(Cl)c1C=O. The number of aryl methyl sites for hydroxylation is 2. The molecule has 0 spiro atoms. The normalized spacial score (nSPS) is 10.3. The number of aromatic nitrogens is 2. The van der Waals surface area contributed by atoms with Crippen molar-refractivity contribution < 1.29 is 9.53 Å². The van der Waals surface area contributed by atoms with Crippen LogP contribution in [-0.4, -0.2) is 23.4 Å². The number of benzene rings is 1. The summed E-state index contributed by atoms with van der Waals surface area (Å²) in [7, 11) is 1.58. The summed E-state index contributed by atoms with van der Waals surface area (Å²) >= 11 is 5.94. The molecule has 0 aliphatic heterocycles. The van der Waals surface area contributed by atoms with Crippen LogP contribution in [0.4, 0.5) is 0 Å². The minimum absolute atomic E-state index is 0.141. The van der Waals surface area contributed by atoms with Gasteiger partial charge in [0.25, 0.3) is 0 Å². The molecule has 0 saturated heterocycles. The monoisotopic (exact) mass is 276 g/mol. The number of carbonyl (C=O) groups excluding carboxylic acids is 1. The Balaban J connectivity index is 2.79. The third kappa shape index (κ3) is 2.44. The van der Waals surface area contributed by atoms with Gasteiger partial charge in [-0.15, -0.1) is 0 Å². The number of halogens is 1. The molecule has 4 nitrogen and oxygen atoms in total. The average molecular weight is 277 g/mol. The summed E-state index contributed by atoms with van der Waals surface area (Å²) in [5.74, 6) is 0.662. The van der Waals surface area contributed by atoms with Crippen molar-refractivity contribution in [1.82, 2.24) is 9.97 Å². The zero-order valence-corrected chi connectivity index (χ0v) is 11.7. The highest BCUT2D eigenvalue weighted by Crippen LogP contribution is 2.35. The smallest absolute Gasteiger partial charge is 0.155 e. The Morgan fingerprint density at radius 3 is 2.63 bits per heavy atom. The zero-order valence-electron chi connectivity index (χ0n) is 10.9. The van der Waals surface area contributed by atoms with E-state index in [1.807, 2.05) is 26.0 Å². The van der Waals surface area contributed by atoms with Gasteiger partial charge in [0.05, 0.1) is 18.4 Å². The molecular weight excluding hydrogens is 264 g/mol. The van der Waals surface area contributed by atoms with Crippen LogP contribution in [-0.2, 0) is 0 Å². The first-order chi connectivity index (χ1) is 9.08. The summed E-state index contributed by atoms with van der Waals surface area (Å²) < 4.78 is 5.38. The molecular formula is C14H13ClN2O2. The Labute approximate surface area is 116 Å². The summed E-state index contributed by atoms with van der Waals surface area (Å²) in [4.78, 5) is 19.2. The van der Waals surface area contributed by atoms with Crippen molar-refractivity contribution >= 4 is 17.9 Å². The maximum Gasteiger partial charge on any atom is 0.155 e. The first-order valence-corrected chi connectivity index (χ1v) is 6.07. The quantitative estimate of drug-likeness (QED) is 0.638. The highest BCUT2D eigenvalue weighted by molar-refractivity contribution is 6.32. The molecule has 2 aromatic rings. The fourth-order valence-electron chi connectivity index (χ4n) is 2.07. The van der Waals surface area contributed by atoms with Crippen molar-refractivity contribution in [1.29, 1.82) is 0 Å². The highest BCUT2D eigenvalue weighted by Gasteiger charge is 2.17. The van der Waals surface area contributed by atoms with E-state index in [1.165, 1.54) is 6.33 Å². The lowest BCUT2D eigenvalue weighted by molar-refractivity contribution is 0.112. The van der Waals surface area contributed by atoms with Crippen LogP contribution in [0.1, 0.15) is 21.5 Å². The van der Waals surface area contributed by atoms with Crippen LogP contribution < -0.4 is 4.74 Å². The predicted octanol–water partition coefficient (Wildman–Crippen LogP) is 3.23. The molecule has 0 N–H and O–H groups in total. The fourth-order valence-corrected chi connectivity index (χ4v) is 2.25. The summed E-state index contributed by atoms with van der Waals surface area (Å²) in [6.45, 7) is 3.92. The molecule has 1 aromatic carbocycles. The van der Waals surface area contributed by atoms with Crippen molar-refractivity contribution in [3.05, 3.63) is 40.3 Å². The second-order valence-corrected chi connectivity index (χ2v) is 4.56. The van der Waals surface area contributed by atoms with Crippen LogP contribution in [0, 0.1) is 13.8 Å². The van der Waals surface area contributed by atoms with Gasteiger partial charge in [-0.2, -0.15) is 0 Å². The molecule has 0 aliphatic carbocycles. The number of rotatable bonds is 3. The van der Waals surface area contributed by atoms with Crippen LogP contribution in [0.5, 0.6) is 5.75 Å². The summed E-state index contributed by atoms with van der Waals surface area (Å²) in [6, 6.07) is 3.90. The minimum Gasteiger partial charge on any atom is -0.496 e. The number of ether oxygens (including phenoxy) is 1. The van der Waals surface area contributed by atoms with Crippen molar-refractivity contribution in [2.75, 3.05) is 7.11 Å². The number of methoxy groups -OCH3 is 1. The standard InChI is InChI=1S/C14H13ClN2O2/c1-8-4-9(2)12(11(5-8)19-3)13-10(6-18)14(15)17-7-16-13/h4-7H,1-3H3. The van der Waals surface area contributed by atoms with E-state index in [9.17, 15) is 4.79 Å². The Morgan fingerprint density at radius 2 is 2.00 bits per heavy atom. The first-order valence-electron chi connectivity index (χ1n) is 5.69. The van der Waals surface area contributed by atoms with Crippen molar-refractivity contribution in [3.63, 3.8) is 0 Å². The van der Waals surface area contributed by atoms with Crippen LogP contribution >= 0.6 is 11.6 Å². The molecule has 1 heterocycles. The summed E-state index contributed by atoms with van der Waals surface area (Å²) in [6.07, 6.45) is 2.00. The average Bonchev–Trinajstić information content (AvgIpc) is 2.37. The van der Waals surface area contributed by atoms with Gasteiger partial charge in [0, 0.05) is 5.56 Å². The minimum atomic E-state index is 0.141. The Kier molecular flexibility index (Phi) is 3.81. The first kappa shape index (κ1) is 13.5. The molecule has 0 amide bonds. The van der Waals surface area contributed by atoms with Gasteiger partial charge in [-0.05, 0) is 31.0 Å². The molecule has 0 atom stereocenters. The van der Waals surface area contributed by atoms with E-state index in [0.717, 1.165) is 16.7 Å². The van der Waals surface area contributed by atoms with Gasteiger partial charge in [0.2, 0.25) is 0 Å². The third-order valence-electron chi connectivity index (χ3n) is 2.85. The van der Waals surface area contributed by atoms with E-state index in [2.05, 4.69) is 9.97 Å². The van der Waals surface area contributed by atoms with E-state index >= 15 is 0 Å². The Bertz CT molecular complexity index is 642. The second-order valence-electron chi connectivity index (χ2n) is 4.20. The molecule has 2 rings (SSSR count). The number of nitrogens with zero attached hydrogens (tertiary/aromatic N) is 2. The number of hydrogen-bond acceptors (Lipinski definition) is 4. The molecule has 98 valence electrons. The van der Waals surface area contributed by atoms with Gasteiger partial charge in [-0.3, -0.25) is 4.79 Å². The van der Waals surface area contributed by atoms with Gasteiger partial charge < -0.3 is 4.74 Å². The topological polar surface area (TPSA) is 52.1 Å². The van der Waals surface area contributed by atoms with E-state index in [1.54, 1.807) is 7.11 Å². The van der Waals surface area contributed by atoms with Gasteiger partial charge >= 0.3 is 0 Å². The maximum atomic E-state index is 11.2. The molecule has 5 heteroatoms. The van der Waals surface area contributed by atoms with Crippen LogP contribution in [0.25, 0.3) is 11.3 Å². The van der Waals surface area contributed by atoms with E-state index in [-0.39, 0.29) is 10.7 Å². The van der Waals surface area contributed by atoms with Gasteiger partial charge in [0.15, 0.2) is 6.29 Å². The van der Waals surface area contributed by atoms with Crippen molar-refractivity contribution in [3.8, 4) is 17.0 Å². The van der Waals surface area contributed by atoms with Crippen molar-refractivity contribution in [2.24, 2.45) is 0 Å². The lowest BCUT2D eigenvalue weighted by Crippen LogP contribution is -2.00. The molecule has 0 unspecified atom stereocenters. The maximum absolute atomic E-state index is 11.2. The lowest BCUT2D eigenvalue weighted by Gasteiger charge is -2.14. The van der Waals surface area contributed by atoms with Crippen LogP contribution in [0.3, 0.4) is 0 Å². The molecule has 0 aliphatic rings. The Hall–Kier alpha value is -1.94. The van der Waals surface area contributed by atoms with E-state index < -0.39 is 0 Å². The molecule has 0 fully saturated rings. The largest absolute Gasteiger partial charge is 0.496 e. The van der Waals surface area contributed by atoms with Crippen molar-refractivity contribution in [2.45, 2.75) is 13.8 Å². The molecule has 19 heavy (non-hydrogen) atoms. The predicted molar refractivity (Wildman–Crippen MR) is 73.9 cm³/mol. The fraction of sp³-hybridized carbons (Fsp3) is 0.214. The van der Waals surface area contributed by atoms with Gasteiger partial charge in [-0.1, -0.05) is 17.7 Å². The third-order valence-corrected chi connectivity index (χ3v) is 3.15. The van der Waals surface area contributed by atoms with Gasteiger partial charge in [-0.25, -0.2) is 9.97 Å². The summed E-state index contributed by atoms with van der Waals surface area (Å²) in [5.41, 5.74) is 3.57. The number of carbonyl (C=O) groups is 1. The molecule has 1 aromatic heterocycles. The van der Waals surface area contributed by atoms with Gasteiger partial charge in [0.1, 0.15) is 17.2 Å². The number of hydrogen-bond donors (Lipinski definition) is 0. The highest BCUT2D eigenvalue weighted by atomic mass is 35.5. The molecule has 0 bridgehead atoms. The van der Waals surface area contributed by atoms with Crippen LogP contribution in [0.15, 0.2) is 18.5 Å². The zero-order chi connectivity index (χ0) is 14.0. The second kappa shape index (κ2) is 5.36. The lowest BCUT2D eigenvalue weighted by atomic mass is 9.99. The number of aldehydes is 1. The van der Waals surface area contributed by atoms with Crippen LogP contribution in [0.2, 0.25) is 5.15 Å². The van der Waals surface area contributed by atoms with E-state index in [0.29, 0.717) is 17.7 Å². The molecule has 0 saturated carbocycles. The summed E-state index contributed by atoms with van der Waals surface area (Å²) in [5, 5.41) is 0.141. The van der Waals surface area contributed by atoms with E-state index in [4.69, 9.17) is 16.3 Å². The molecule has 0 radical (unpaired) electrons.